The minimum atomic E-state index is -0.337. The number of rotatable bonds is 2. The van der Waals surface area contributed by atoms with E-state index in [1.807, 2.05) is 13.8 Å². The van der Waals surface area contributed by atoms with E-state index in [0.29, 0.717) is 13.2 Å². The number of nitrogens with zero attached hydrogens (tertiary/aromatic N) is 1. The van der Waals surface area contributed by atoms with Crippen molar-refractivity contribution in [3.05, 3.63) is 0 Å². The first-order valence-corrected chi connectivity index (χ1v) is 4.20. The first kappa shape index (κ1) is 9.32. The smallest absolute Gasteiger partial charge is 0.409 e. The molecule has 0 aromatic heterocycles. The molecule has 1 heterocycles. The van der Waals surface area contributed by atoms with Gasteiger partial charge in [0.1, 0.15) is 0 Å². The second-order valence-electron chi connectivity index (χ2n) is 3.88. The predicted molar refractivity (Wildman–Crippen MR) is 45.8 cm³/mol. The summed E-state index contributed by atoms with van der Waals surface area (Å²) in [7, 11) is 0. The zero-order valence-corrected chi connectivity index (χ0v) is 7.67. The SMILES string of the molecule is CC(C)(N)CN1CCCOC1=O. The molecular formula is C8H16N2O2. The maximum Gasteiger partial charge on any atom is 0.409 e. The van der Waals surface area contributed by atoms with Crippen LogP contribution >= 0.6 is 0 Å². The number of nitrogens with two attached hydrogens (primary N) is 1. The first-order chi connectivity index (χ1) is 5.49. The Morgan fingerprint density at radius 3 is 2.83 bits per heavy atom. The fourth-order valence-electron chi connectivity index (χ4n) is 1.23. The highest BCUT2D eigenvalue weighted by Gasteiger charge is 2.24. The molecule has 12 heavy (non-hydrogen) atoms. The lowest BCUT2D eigenvalue weighted by Gasteiger charge is -2.31. The van der Waals surface area contributed by atoms with E-state index in [1.54, 1.807) is 4.90 Å². The van der Waals surface area contributed by atoms with E-state index >= 15 is 0 Å². The Balaban J connectivity index is 2.45. The Kier molecular flexibility index (Phi) is 2.57. The van der Waals surface area contributed by atoms with Gasteiger partial charge in [0, 0.05) is 18.6 Å². The minimum absolute atomic E-state index is 0.236. The van der Waals surface area contributed by atoms with Crippen LogP contribution < -0.4 is 5.73 Å². The van der Waals surface area contributed by atoms with Crippen LogP contribution in [0.3, 0.4) is 0 Å². The summed E-state index contributed by atoms with van der Waals surface area (Å²) in [5.74, 6) is 0. The normalized spacial score (nSPS) is 19.2. The quantitative estimate of drug-likeness (QED) is 0.662. The van der Waals surface area contributed by atoms with Crippen molar-refractivity contribution in [1.82, 2.24) is 4.90 Å². The lowest BCUT2D eigenvalue weighted by Crippen LogP contribution is -2.49. The molecule has 4 heteroatoms. The maximum absolute atomic E-state index is 11.1. The molecule has 1 amide bonds. The molecule has 0 aromatic carbocycles. The van der Waals surface area contributed by atoms with E-state index in [4.69, 9.17) is 10.5 Å². The lowest BCUT2D eigenvalue weighted by atomic mass is 10.1. The van der Waals surface area contributed by atoms with Crippen molar-refractivity contribution in [2.75, 3.05) is 19.7 Å². The highest BCUT2D eigenvalue weighted by atomic mass is 16.6. The monoisotopic (exact) mass is 172 g/mol. The number of amides is 1. The molecule has 0 saturated carbocycles. The van der Waals surface area contributed by atoms with Gasteiger partial charge in [0.25, 0.3) is 0 Å². The third-order valence-corrected chi connectivity index (χ3v) is 1.65. The van der Waals surface area contributed by atoms with Crippen LogP contribution in [0.5, 0.6) is 0 Å². The fourth-order valence-corrected chi connectivity index (χ4v) is 1.23. The molecule has 1 saturated heterocycles. The number of hydrogen-bond donors (Lipinski definition) is 1. The molecule has 4 nitrogen and oxygen atoms in total. The number of carbonyl (C=O) groups excluding carboxylic acids is 1. The Morgan fingerprint density at radius 2 is 2.33 bits per heavy atom. The van der Waals surface area contributed by atoms with Crippen molar-refractivity contribution in [2.45, 2.75) is 25.8 Å². The summed E-state index contributed by atoms with van der Waals surface area (Å²) in [6.07, 6.45) is 0.668. The summed E-state index contributed by atoms with van der Waals surface area (Å²) in [6, 6.07) is 0. The minimum Gasteiger partial charge on any atom is -0.449 e. The van der Waals surface area contributed by atoms with Crippen LogP contribution in [0.25, 0.3) is 0 Å². The summed E-state index contributed by atoms with van der Waals surface area (Å²) < 4.78 is 4.87. The molecule has 0 radical (unpaired) electrons. The summed E-state index contributed by atoms with van der Waals surface area (Å²) in [4.78, 5) is 12.8. The van der Waals surface area contributed by atoms with E-state index in [0.717, 1.165) is 13.0 Å². The second kappa shape index (κ2) is 3.31. The molecule has 0 bridgehead atoms. The number of carbonyl (C=O) groups is 1. The largest absolute Gasteiger partial charge is 0.449 e. The van der Waals surface area contributed by atoms with Crippen LogP contribution in [0.1, 0.15) is 20.3 Å². The van der Waals surface area contributed by atoms with Crippen molar-refractivity contribution in [1.29, 1.82) is 0 Å². The molecule has 0 aliphatic carbocycles. The molecule has 1 rings (SSSR count). The Hall–Kier alpha value is -0.770. The highest BCUT2D eigenvalue weighted by Crippen LogP contribution is 2.08. The van der Waals surface area contributed by atoms with Gasteiger partial charge in [0.05, 0.1) is 6.61 Å². The van der Waals surface area contributed by atoms with Crippen LogP contribution in [0.4, 0.5) is 4.79 Å². The van der Waals surface area contributed by atoms with Crippen molar-refractivity contribution in [2.24, 2.45) is 5.73 Å². The highest BCUT2D eigenvalue weighted by molar-refractivity contribution is 5.68. The average molecular weight is 172 g/mol. The van der Waals surface area contributed by atoms with E-state index in [1.165, 1.54) is 0 Å². The Morgan fingerprint density at radius 1 is 1.67 bits per heavy atom. The third kappa shape index (κ3) is 2.70. The molecule has 1 fully saturated rings. The Labute approximate surface area is 72.7 Å². The van der Waals surface area contributed by atoms with Gasteiger partial charge in [0.2, 0.25) is 0 Å². The van der Waals surface area contributed by atoms with Gasteiger partial charge < -0.3 is 15.4 Å². The van der Waals surface area contributed by atoms with Crippen LogP contribution in [-0.2, 0) is 4.74 Å². The number of cyclic esters (lactones) is 1. The molecule has 0 unspecified atom stereocenters. The van der Waals surface area contributed by atoms with Crippen molar-refractivity contribution >= 4 is 6.09 Å². The van der Waals surface area contributed by atoms with Crippen LogP contribution in [0.15, 0.2) is 0 Å². The van der Waals surface area contributed by atoms with Gasteiger partial charge in [-0.1, -0.05) is 0 Å². The molecule has 0 spiro atoms. The molecule has 1 aliphatic rings. The van der Waals surface area contributed by atoms with Gasteiger partial charge in [-0.15, -0.1) is 0 Å². The summed E-state index contributed by atoms with van der Waals surface area (Å²) in [5, 5.41) is 0. The molecule has 1 aliphatic heterocycles. The average Bonchev–Trinajstić information content (AvgIpc) is 1.91. The molecular weight excluding hydrogens is 156 g/mol. The third-order valence-electron chi connectivity index (χ3n) is 1.65. The zero-order chi connectivity index (χ0) is 9.19. The van der Waals surface area contributed by atoms with Gasteiger partial charge >= 0.3 is 6.09 Å². The van der Waals surface area contributed by atoms with E-state index < -0.39 is 0 Å². The van der Waals surface area contributed by atoms with Gasteiger partial charge in [-0.3, -0.25) is 0 Å². The lowest BCUT2D eigenvalue weighted by molar-refractivity contribution is 0.0659. The second-order valence-corrected chi connectivity index (χ2v) is 3.88. The van der Waals surface area contributed by atoms with E-state index in [-0.39, 0.29) is 11.6 Å². The van der Waals surface area contributed by atoms with Gasteiger partial charge in [-0.2, -0.15) is 0 Å². The fraction of sp³-hybridized carbons (Fsp3) is 0.875. The van der Waals surface area contributed by atoms with E-state index in [9.17, 15) is 4.79 Å². The Bertz CT molecular complexity index is 174. The van der Waals surface area contributed by atoms with Crippen molar-refractivity contribution in [3.63, 3.8) is 0 Å². The standard InChI is InChI=1S/C8H16N2O2/c1-8(2,9)6-10-4-3-5-12-7(10)11/h3-6,9H2,1-2H3. The summed E-state index contributed by atoms with van der Waals surface area (Å²) >= 11 is 0. The molecule has 0 aromatic rings. The molecule has 2 N–H and O–H groups in total. The molecule has 70 valence electrons. The van der Waals surface area contributed by atoms with Crippen molar-refractivity contribution in [3.8, 4) is 0 Å². The van der Waals surface area contributed by atoms with Crippen molar-refractivity contribution < 1.29 is 9.53 Å². The van der Waals surface area contributed by atoms with E-state index in [2.05, 4.69) is 0 Å². The van der Waals surface area contributed by atoms with Gasteiger partial charge in [-0.05, 0) is 20.3 Å². The predicted octanol–water partition coefficient (Wildman–Crippen LogP) is 0.566. The first-order valence-electron chi connectivity index (χ1n) is 4.20. The van der Waals surface area contributed by atoms with Gasteiger partial charge in [-0.25, -0.2) is 4.79 Å². The zero-order valence-electron chi connectivity index (χ0n) is 7.67. The summed E-state index contributed by atoms with van der Waals surface area (Å²) in [6.45, 7) is 5.66. The molecule has 0 atom stereocenters. The maximum atomic E-state index is 11.1. The van der Waals surface area contributed by atoms with Crippen LogP contribution in [0.2, 0.25) is 0 Å². The van der Waals surface area contributed by atoms with Crippen LogP contribution in [-0.4, -0.2) is 36.2 Å². The number of ether oxygens (including phenoxy) is 1. The summed E-state index contributed by atoms with van der Waals surface area (Å²) in [5.41, 5.74) is 5.44. The number of hydrogen-bond acceptors (Lipinski definition) is 3. The van der Waals surface area contributed by atoms with Gasteiger partial charge in [0.15, 0.2) is 0 Å². The topological polar surface area (TPSA) is 55.6 Å². The van der Waals surface area contributed by atoms with Crippen LogP contribution in [0, 0.1) is 0 Å².